The SMILES string of the molecule is CCCN1C(=O)C(O)=C(C(=O)CC)C1c1cccc(OC(C)C)c1. The topological polar surface area (TPSA) is 66.8 Å². The molecule has 1 unspecified atom stereocenters. The molecule has 1 aliphatic rings. The summed E-state index contributed by atoms with van der Waals surface area (Å²) in [5.74, 6) is -0.426. The summed E-state index contributed by atoms with van der Waals surface area (Å²) < 4.78 is 5.72. The predicted octanol–water partition coefficient (Wildman–Crippen LogP) is 3.56. The molecule has 0 bridgehead atoms. The van der Waals surface area contributed by atoms with Gasteiger partial charge >= 0.3 is 0 Å². The molecule has 0 saturated heterocycles. The monoisotopic (exact) mass is 331 g/mol. The lowest BCUT2D eigenvalue weighted by atomic mass is 9.95. The van der Waals surface area contributed by atoms with Gasteiger partial charge in [0.05, 0.1) is 17.7 Å². The summed E-state index contributed by atoms with van der Waals surface area (Å²) in [6.07, 6.45) is 1.01. The standard InChI is InChI=1S/C19H25NO4/c1-5-10-20-17(16(15(21)6-2)18(22)19(20)23)13-8-7-9-14(11-13)24-12(3)4/h7-9,11-12,17,22H,5-6,10H2,1-4H3. The first-order chi connectivity index (χ1) is 11.4. The van der Waals surface area contributed by atoms with Gasteiger partial charge in [0.2, 0.25) is 0 Å². The smallest absolute Gasteiger partial charge is 0.290 e. The molecule has 0 radical (unpaired) electrons. The number of rotatable bonds is 7. The van der Waals surface area contributed by atoms with E-state index in [1.54, 1.807) is 11.8 Å². The van der Waals surface area contributed by atoms with Crippen LogP contribution in [0.5, 0.6) is 5.75 Å². The maximum atomic E-state index is 12.4. The second-order valence-electron chi connectivity index (χ2n) is 6.18. The van der Waals surface area contributed by atoms with Crippen molar-refractivity contribution in [2.75, 3.05) is 6.54 Å². The van der Waals surface area contributed by atoms with Gasteiger partial charge in [0.25, 0.3) is 5.91 Å². The normalized spacial score (nSPS) is 17.8. The molecule has 130 valence electrons. The summed E-state index contributed by atoms with van der Waals surface area (Å²) >= 11 is 0. The highest BCUT2D eigenvalue weighted by molar-refractivity contribution is 6.08. The van der Waals surface area contributed by atoms with Gasteiger partial charge < -0.3 is 14.7 Å². The van der Waals surface area contributed by atoms with Gasteiger partial charge in [0.1, 0.15) is 5.75 Å². The molecule has 24 heavy (non-hydrogen) atoms. The molecule has 0 aromatic heterocycles. The van der Waals surface area contributed by atoms with Gasteiger partial charge in [0, 0.05) is 13.0 Å². The number of aliphatic hydroxyl groups is 1. The van der Waals surface area contributed by atoms with Gasteiger partial charge in [0.15, 0.2) is 11.5 Å². The summed E-state index contributed by atoms with van der Waals surface area (Å²) in [5.41, 5.74) is 0.966. The number of amides is 1. The zero-order chi connectivity index (χ0) is 17.9. The van der Waals surface area contributed by atoms with E-state index in [-0.39, 0.29) is 23.9 Å². The van der Waals surface area contributed by atoms with E-state index >= 15 is 0 Å². The Morgan fingerprint density at radius 2 is 2.04 bits per heavy atom. The Balaban J connectivity index is 2.49. The Hall–Kier alpha value is -2.30. The van der Waals surface area contributed by atoms with E-state index in [2.05, 4.69) is 0 Å². The fourth-order valence-corrected chi connectivity index (χ4v) is 2.98. The number of carbonyl (C=O) groups excluding carboxylic acids is 2. The second kappa shape index (κ2) is 7.51. The first-order valence-electron chi connectivity index (χ1n) is 8.44. The minimum absolute atomic E-state index is 0.0258. The molecule has 0 spiro atoms. The molecule has 1 N–H and O–H groups in total. The van der Waals surface area contributed by atoms with Crippen molar-refractivity contribution in [3.63, 3.8) is 0 Å². The summed E-state index contributed by atoms with van der Waals surface area (Å²) in [4.78, 5) is 26.3. The summed E-state index contributed by atoms with van der Waals surface area (Å²) in [7, 11) is 0. The van der Waals surface area contributed by atoms with Crippen LogP contribution in [-0.2, 0) is 9.59 Å². The fraction of sp³-hybridized carbons (Fsp3) is 0.474. The zero-order valence-corrected chi connectivity index (χ0v) is 14.7. The molecular weight excluding hydrogens is 306 g/mol. The Kier molecular flexibility index (Phi) is 5.65. The molecule has 1 amide bonds. The van der Waals surface area contributed by atoms with Crippen LogP contribution in [0.1, 0.15) is 52.1 Å². The lowest BCUT2D eigenvalue weighted by Crippen LogP contribution is -2.31. The van der Waals surface area contributed by atoms with Crippen LogP contribution in [0.15, 0.2) is 35.6 Å². The van der Waals surface area contributed by atoms with Crippen LogP contribution in [-0.4, -0.2) is 34.3 Å². The van der Waals surface area contributed by atoms with Crippen LogP contribution in [0.3, 0.4) is 0 Å². The highest BCUT2D eigenvalue weighted by Crippen LogP contribution is 2.39. The lowest BCUT2D eigenvalue weighted by Gasteiger charge is -2.26. The highest BCUT2D eigenvalue weighted by atomic mass is 16.5. The van der Waals surface area contributed by atoms with Gasteiger partial charge in [-0.2, -0.15) is 0 Å². The molecule has 1 aromatic carbocycles. The first-order valence-corrected chi connectivity index (χ1v) is 8.44. The predicted molar refractivity (Wildman–Crippen MR) is 91.9 cm³/mol. The molecule has 0 aliphatic carbocycles. The van der Waals surface area contributed by atoms with Crippen LogP contribution in [0.2, 0.25) is 0 Å². The Morgan fingerprint density at radius 3 is 2.62 bits per heavy atom. The fourth-order valence-electron chi connectivity index (χ4n) is 2.98. The second-order valence-corrected chi connectivity index (χ2v) is 6.18. The molecular formula is C19H25NO4. The summed E-state index contributed by atoms with van der Waals surface area (Å²) in [6.45, 7) is 8.04. The Morgan fingerprint density at radius 1 is 1.33 bits per heavy atom. The molecule has 1 heterocycles. The van der Waals surface area contributed by atoms with Crippen molar-refractivity contribution < 1.29 is 19.4 Å². The van der Waals surface area contributed by atoms with E-state index < -0.39 is 17.7 Å². The number of hydrogen-bond donors (Lipinski definition) is 1. The van der Waals surface area contributed by atoms with Crippen LogP contribution in [0.4, 0.5) is 0 Å². The van der Waals surface area contributed by atoms with Crippen LogP contribution >= 0.6 is 0 Å². The number of hydrogen-bond acceptors (Lipinski definition) is 4. The number of Topliss-reactive ketones (excluding diaryl/α,β-unsaturated/α-hetero) is 1. The van der Waals surface area contributed by atoms with Crippen molar-refractivity contribution in [3.8, 4) is 5.75 Å². The van der Waals surface area contributed by atoms with Crippen LogP contribution in [0, 0.1) is 0 Å². The van der Waals surface area contributed by atoms with E-state index in [1.807, 2.05) is 45.0 Å². The molecule has 5 nitrogen and oxygen atoms in total. The summed E-state index contributed by atoms with van der Waals surface area (Å²) in [6, 6.07) is 6.82. The number of nitrogens with zero attached hydrogens (tertiary/aromatic N) is 1. The number of ketones is 1. The quantitative estimate of drug-likeness (QED) is 0.829. The lowest BCUT2D eigenvalue weighted by molar-refractivity contribution is -0.129. The first kappa shape index (κ1) is 18.0. The molecule has 2 rings (SSSR count). The van der Waals surface area contributed by atoms with E-state index in [0.717, 1.165) is 12.0 Å². The molecule has 1 aliphatic heterocycles. The van der Waals surface area contributed by atoms with Crippen molar-refractivity contribution in [1.29, 1.82) is 0 Å². The van der Waals surface area contributed by atoms with E-state index in [9.17, 15) is 14.7 Å². The van der Waals surface area contributed by atoms with Crippen molar-refractivity contribution >= 4 is 11.7 Å². The van der Waals surface area contributed by atoms with Crippen LogP contribution < -0.4 is 4.74 Å². The average Bonchev–Trinajstić information content (AvgIpc) is 2.79. The van der Waals surface area contributed by atoms with Gasteiger partial charge in [-0.3, -0.25) is 9.59 Å². The zero-order valence-electron chi connectivity index (χ0n) is 14.7. The van der Waals surface area contributed by atoms with Crippen molar-refractivity contribution in [3.05, 3.63) is 41.2 Å². The molecule has 1 aromatic rings. The van der Waals surface area contributed by atoms with Crippen LogP contribution in [0.25, 0.3) is 0 Å². The van der Waals surface area contributed by atoms with E-state index in [0.29, 0.717) is 12.3 Å². The number of carbonyl (C=O) groups is 2. The molecule has 0 saturated carbocycles. The van der Waals surface area contributed by atoms with E-state index in [4.69, 9.17) is 4.74 Å². The van der Waals surface area contributed by atoms with Gasteiger partial charge in [-0.25, -0.2) is 0 Å². The van der Waals surface area contributed by atoms with Crippen molar-refractivity contribution in [2.45, 2.75) is 52.7 Å². The van der Waals surface area contributed by atoms with Gasteiger partial charge in [-0.15, -0.1) is 0 Å². The van der Waals surface area contributed by atoms with Gasteiger partial charge in [-0.1, -0.05) is 26.0 Å². The number of benzene rings is 1. The molecule has 1 atom stereocenters. The Bertz CT molecular complexity index is 663. The largest absolute Gasteiger partial charge is 0.503 e. The Labute approximate surface area is 142 Å². The van der Waals surface area contributed by atoms with Crippen molar-refractivity contribution in [1.82, 2.24) is 4.90 Å². The highest BCUT2D eigenvalue weighted by Gasteiger charge is 2.42. The van der Waals surface area contributed by atoms with E-state index in [1.165, 1.54) is 0 Å². The van der Waals surface area contributed by atoms with Gasteiger partial charge in [-0.05, 0) is 38.0 Å². The maximum absolute atomic E-state index is 12.4. The number of aliphatic hydroxyl groups excluding tert-OH is 1. The third-order valence-corrected chi connectivity index (χ3v) is 3.94. The molecule has 0 fully saturated rings. The minimum Gasteiger partial charge on any atom is -0.503 e. The minimum atomic E-state index is -0.555. The third-order valence-electron chi connectivity index (χ3n) is 3.94. The summed E-state index contributed by atoms with van der Waals surface area (Å²) in [5, 5.41) is 10.2. The van der Waals surface area contributed by atoms with Crippen molar-refractivity contribution in [2.24, 2.45) is 0 Å². The maximum Gasteiger partial charge on any atom is 0.290 e. The third kappa shape index (κ3) is 3.45. The molecule has 5 heteroatoms. The number of ether oxygens (including phenoxy) is 1. The average molecular weight is 331 g/mol.